The van der Waals surface area contributed by atoms with E-state index in [1.807, 2.05) is 55.4 Å². The molecular weight excluding hydrogens is 260 g/mol. The molecule has 100 valence electrons. The number of benzene rings is 2. The second-order valence-corrected chi connectivity index (χ2v) is 4.96. The Hall–Kier alpha value is -1.87. The number of nitrogens with zero attached hydrogens (tertiary/aromatic N) is 1. The fourth-order valence-corrected chi connectivity index (χ4v) is 1.89. The van der Waals surface area contributed by atoms with Gasteiger partial charge < -0.3 is 15.4 Å². The predicted molar refractivity (Wildman–Crippen MR) is 81.0 cm³/mol. The Morgan fingerprint density at radius 1 is 1.16 bits per heavy atom. The molecule has 0 unspecified atom stereocenters. The summed E-state index contributed by atoms with van der Waals surface area (Å²) in [5, 5.41) is 0.635. The predicted octanol–water partition coefficient (Wildman–Crippen LogP) is 3.57. The van der Waals surface area contributed by atoms with Gasteiger partial charge in [-0.05, 0) is 24.3 Å². The van der Waals surface area contributed by atoms with Crippen LogP contribution in [-0.4, -0.2) is 14.1 Å². The molecule has 0 aliphatic rings. The highest BCUT2D eigenvalue weighted by Gasteiger charge is 2.03. The third kappa shape index (κ3) is 3.55. The van der Waals surface area contributed by atoms with Gasteiger partial charge in [-0.3, -0.25) is 0 Å². The van der Waals surface area contributed by atoms with E-state index in [0.717, 1.165) is 17.0 Å². The summed E-state index contributed by atoms with van der Waals surface area (Å²) >= 11 is 5.86. The Labute approximate surface area is 118 Å². The summed E-state index contributed by atoms with van der Waals surface area (Å²) in [4.78, 5) is 2.03. The summed E-state index contributed by atoms with van der Waals surface area (Å²) in [6.45, 7) is 0.430. The minimum atomic E-state index is 0.430. The molecule has 0 heterocycles. The highest BCUT2D eigenvalue weighted by Crippen LogP contribution is 2.23. The molecule has 0 aromatic heterocycles. The molecule has 0 atom stereocenters. The van der Waals surface area contributed by atoms with Gasteiger partial charge in [-0.2, -0.15) is 0 Å². The summed E-state index contributed by atoms with van der Waals surface area (Å²) in [6.07, 6.45) is 0. The van der Waals surface area contributed by atoms with Crippen LogP contribution in [0.2, 0.25) is 5.02 Å². The number of halogens is 1. The third-order valence-corrected chi connectivity index (χ3v) is 3.07. The largest absolute Gasteiger partial charge is 0.489 e. The zero-order valence-electron chi connectivity index (χ0n) is 11.1. The number of hydrogen-bond donors (Lipinski definition) is 1. The van der Waals surface area contributed by atoms with Crippen molar-refractivity contribution >= 4 is 23.0 Å². The highest BCUT2D eigenvalue weighted by molar-refractivity contribution is 6.30. The number of rotatable bonds is 4. The zero-order valence-corrected chi connectivity index (χ0v) is 11.8. The molecule has 0 bridgehead atoms. The maximum atomic E-state index is 5.89. The Morgan fingerprint density at radius 3 is 2.63 bits per heavy atom. The molecule has 2 rings (SSSR count). The van der Waals surface area contributed by atoms with Gasteiger partial charge in [0.1, 0.15) is 12.4 Å². The van der Waals surface area contributed by atoms with Crippen molar-refractivity contribution in [3.8, 4) is 5.75 Å². The second kappa shape index (κ2) is 5.85. The lowest BCUT2D eigenvalue weighted by Gasteiger charge is -2.14. The van der Waals surface area contributed by atoms with Gasteiger partial charge in [-0.25, -0.2) is 0 Å². The molecule has 4 heteroatoms. The Morgan fingerprint density at radius 2 is 1.95 bits per heavy atom. The van der Waals surface area contributed by atoms with Crippen molar-refractivity contribution in [1.29, 1.82) is 0 Å². The molecule has 0 aliphatic carbocycles. The topological polar surface area (TPSA) is 38.5 Å². The lowest BCUT2D eigenvalue weighted by molar-refractivity contribution is 0.307. The molecule has 2 aromatic carbocycles. The quantitative estimate of drug-likeness (QED) is 0.868. The van der Waals surface area contributed by atoms with Crippen LogP contribution in [0, 0.1) is 0 Å². The van der Waals surface area contributed by atoms with Crippen LogP contribution < -0.4 is 15.4 Å². The first kappa shape index (κ1) is 13.6. The first-order chi connectivity index (χ1) is 9.06. The van der Waals surface area contributed by atoms with Crippen molar-refractivity contribution < 1.29 is 4.74 Å². The minimum absolute atomic E-state index is 0.430. The standard InChI is InChI=1S/C15H17ClN2O/c1-18(2)13-4-3-5-14(9-13)19-10-11-6-7-12(16)8-15(11)17/h3-9H,10,17H2,1-2H3. The van der Waals surface area contributed by atoms with Crippen molar-refractivity contribution in [2.75, 3.05) is 24.7 Å². The molecule has 0 spiro atoms. The Bertz CT molecular complexity index is 570. The van der Waals surface area contributed by atoms with Crippen LogP contribution in [-0.2, 0) is 6.61 Å². The van der Waals surface area contributed by atoms with Gasteiger partial charge in [0.05, 0.1) is 0 Å². The van der Waals surface area contributed by atoms with Crippen molar-refractivity contribution in [1.82, 2.24) is 0 Å². The first-order valence-corrected chi connectivity index (χ1v) is 6.38. The van der Waals surface area contributed by atoms with E-state index < -0.39 is 0 Å². The van der Waals surface area contributed by atoms with Crippen molar-refractivity contribution in [3.63, 3.8) is 0 Å². The van der Waals surface area contributed by atoms with E-state index >= 15 is 0 Å². The van der Waals surface area contributed by atoms with Crippen molar-refractivity contribution in [3.05, 3.63) is 53.1 Å². The van der Waals surface area contributed by atoms with E-state index in [4.69, 9.17) is 22.1 Å². The molecule has 3 nitrogen and oxygen atoms in total. The number of anilines is 2. The smallest absolute Gasteiger partial charge is 0.121 e. The fraction of sp³-hybridized carbons (Fsp3) is 0.200. The summed E-state index contributed by atoms with van der Waals surface area (Å²) in [5.41, 5.74) is 8.57. The number of ether oxygens (including phenoxy) is 1. The summed E-state index contributed by atoms with van der Waals surface area (Å²) in [7, 11) is 3.99. The molecule has 19 heavy (non-hydrogen) atoms. The molecule has 2 N–H and O–H groups in total. The fourth-order valence-electron chi connectivity index (χ4n) is 1.71. The van der Waals surface area contributed by atoms with Crippen molar-refractivity contribution in [2.24, 2.45) is 0 Å². The van der Waals surface area contributed by atoms with E-state index in [1.54, 1.807) is 6.07 Å². The monoisotopic (exact) mass is 276 g/mol. The van der Waals surface area contributed by atoms with Gasteiger partial charge in [-0.15, -0.1) is 0 Å². The Kier molecular flexibility index (Phi) is 4.17. The lowest BCUT2D eigenvalue weighted by atomic mass is 10.2. The maximum Gasteiger partial charge on any atom is 0.121 e. The molecule has 0 aliphatic heterocycles. The SMILES string of the molecule is CN(C)c1cccc(OCc2ccc(Cl)cc2N)c1. The average Bonchev–Trinajstić information content (AvgIpc) is 2.38. The zero-order chi connectivity index (χ0) is 13.8. The van der Waals surface area contributed by atoms with E-state index in [9.17, 15) is 0 Å². The normalized spacial score (nSPS) is 10.3. The summed E-state index contributed by atoms with van der Waals surface area (Å²) in [5.74, 6) is 0.820. The lowest BCUT2D eigenvalue weighted by Crippen LogP contribution is -2.08. The van der Waals surface area contributed by atoms with Crippen molar-refractivity contribution in [2.45, 2.75) is 6.61 Å². The first-order valence-electron chi connectivity index (χ1n) is 6.00. The van der Waals surface area contributed by atoms with Gasteiger partial charge in [0.15, 0.2) is 0 Å². The second-order valence-electron chi connectivity index (χ2n) is 4.52. The molecule has 0 saturated carbocycles. The van der Waals surface area contributed by atoms with E-state index in [-0.39, 0.29) is 0 Å². The van der Waals surface area contributed by atoms with Gasteiger partial charge in [0.25, 0.3) is 0 Å². The minimum Gasteiger partial charge on any atom is -0.489 e. The van der Waals surface area contributed by atoms with Gasteiger partial charge in [-0.1, -0.05) is 23.7 Å². The maximum absolute atomic E-state index is 5.89. The summed E-state index contributed by atoms with van der Waals surface area (Å²) in [6, 6.07) is 13.3. The van der Waals surface area contributed by atoms with Gasteiger partial charge in [0, 0.05) is 42.1 Å². The van der Waals surface area contributed by atoms with Crippen LogP contribution in [0.5, 0.6) is 5.75 Å². The summed E-state index contributed by atoms with van der Waals surface area (Å²) < 4.78 is 5.75. The van der Waals surface area contributed by atoms with Crippen LogP contribution in [0.25, 0.3) is 0 Å². The van der Waals surface area contributed by atoms with Gasteiger partial charge >= 0.3 is 0 Å². The number of nitrogens with two attached hydrogens (primary N) is 1. The van der Waals surface area contributed by atoms with Crippen LogP contribution in [0.15, 0.2) is 42.5 Å². The average molecular weight is 277 g/mol. The molecule has 2 aromatic rings. The van der Waals surface area contributed by atoms with Crippen LogP contribution >= 0.6 is 11.6 Å². The van der Waals surface area contributed by atoms with E-state index in [2.05, 4.69) is 0 Å². The van der Waals surface area contributed by atoms with E-state index in [0.29, 0.717) is 17.3 Å². The molecule has 0 radical (unpaired) electrons. The molecule has 0 saturated heterocycles. The molecular formula is C15H17ClN2O. The number of nitrogen functional groups attached to an aromatic ring is 1. The van der Waals surface area contributed by atoms with Crippen LogP contribution in [0.3, 0.4) is 0 Å². The third-order valence-electron chi connectivity index (χ3n) is 2.84. The highest BCUT2D eigenvalue weighted by atomic mass is 35.5. The molecule has 0 fully saturated rings. The van der Waals surface area contributed by atoms with Gasteiger partial charge in [0.2, 0.25) is 0 Å². The Balaban J connectivity index is 2.08. The van der Waals surface area contributed by atoms with E-state index in [1.165, 1.54) is 0 Å². The van der Waals surface area contributed by atoms with Crippen LogP contribution in [0.4, 0.5) is 11.4 Å². The van der Waals surface area contributed by atoms with Crippen LogP contribution in [0.1, 0.15) is 5.56 Å². The number of hydrogen-bond acceptors (Lipinski definition) is 3. The molecule has 0 amide bonds.